The van der Waals surface area contributed by atoms with Crippen molar-refractivity contribution in [3.8, 4) is 5.69 Å². The number of anilines is 1. The van der Waals surface area contributed by atoms with E-state index in [1.807, 2.05) is 59.1 Å². The summed E-state index contributed by atoms with van der Waals surface area (Å²) in [5, 5.41) is 13.9. The lowest BCUT2D eigenvalue weighted by molar-refractivity contribution is 0.102. The Hall–Kier alpha value is -3.48. The molecule has 0 aliphatic carbocycles. The normalized spacial score (nSPS) is 10.8. The number of amides is 1. The maximum atomic E-state index is 12.3. The fraction of sp³-hybridized carbons (Fsp3) is 0. The Morgan fingerprint density at radius 2 is 1.96 bits per heavy atom. The number of hydrogen-bond donors (Lipinski definition) is 1. The summed E-state index contributed by atoms with van der Waals surface area (Å²) in [6.07, 6.45) is 5.23. The van der Waals surface area contributed by atoms with E-state index in [0.717, 1.165) is 11.2 Å². The van der Waals surface area contributed by atoms with E-state index in [1.165, 1.54) is 6.33 Å². The maximum Gasteiger partial charge on any atom is 0.257 e. The molecule has 0 aliphatic heterocycles. The van der Waals surface area contributed by atoms with E-state index < -0.39 is 0 Å². The monoisotopic (exact) mass is 304 g/mol. The predicted octanol–water partition coefficient (Wildman–Crippen LogP) is 2.17. The number of benzene rings is 1. The van der Waals surface area contributed by atoms with Crippen molar-refractivity contribution in [1.82, 2.24) is 24.6 Å². The SMILES string of the molecule is O=C(Nc1ccc(-n2cnnn2)cc1)c1cc2ccccn2c1. The van der Waals surface area contributed by atoms with Crippen LogP contribution in [0.25, 0.3) is 11.2 Å². The Morgan fingerprint density at radius 3 is 2.70 bits per heavy atom. The average Bonchev–Trinajstić information content (AvgIpc) is 3.25. The van der Waals surface area contributed by atoms with Crippen LogP contribution in [-0.4, -0.2) is 30.5 Å². The van der Waals surface area contributed by atoms with Crippen molar-refractivity contribution in [2.45, 2.75) is 0 Å². The molecule has 0 bridgehead atoms. The molecule has 3 aromatic heterocycles. The molecule has 0 atom stereocenters. The van der Waals surface area contributed by atoms with Crippen molar-refractivity contribution in [1.29, 1.82) is 0 Å². The molecule has 0 saturated heterocycles. The molecule has 7 heteroatoms. The first-order chi connectivity index (χ1) is 11.3. The van der Waals surface area contributed by atoms with E-state index in [0.29, 0.717) is 11.3 Å². The van der Waals surface area contributed by atoms with Crippen LogP contribution in [0.2, 0.25) is 0 Å². The van der Waals surface area contributed by atoms with Gasteiger partial charge in [0.1, 0.15) is 6.33 Å². The number of nitrogens with one attached hydrogen (secondary N) is 1. The molecule has 23 heavy (non-hydrogen) atoms. The van der Waals surface area contributed by atoms with Crippen molar-refractivity contribution in [2.24, 2.45) is 0 Å². The van der Waals surface area contributed by atoms with E-state index in [9.17, 15) is 4.79 Å². The summed E-state index contributed by atoms with van der Waals surface area (Å²) in [5.41, 5.74) is 3.12. The van der Waals surface area contributed by atoms with Gasteiger partial charge < -0.3 is 9.72 Å². The second-order valence-electron chi connectivity index (χ2n) is 5.02. The van der Waals surface area contributed by atoms with Crippen LogP contribution in [-0.2, 0) is 0 Å². The summed E-state index contributed by atoms with van der Waals surface area (Å²) >= 11 is 0. The zero-order chi connectivity index (χ0) is 15.6. The van der Waals surface area contributed by atoms with E-state index in [2.05, 4.69) is 20.8 Å². The fourth-order valence-corrected chi connectivity index (χ4v) is 2.36. The first-order valence-electron chi connectivity index (χ1n) is 7.01. The maximum absolute atomic E-state index is 12.3. The molecule has 0 unspecified atom stereocenters. The van der Waals surface area contributed by atoms with Crippen LogP contribution in [0.4, 0.5) is 5.69 Å². The number of hydrogen-bond acceptors (Lipinski definition) is 4. The number of carbonyl (C=O) groups is 1. The van der Waals surface area contributed by atoms with Gasteiger partial charge in [0.25, 0.3) is 5.91 Å². The Bertz CT molecular complexity index is 923. The van der Waals surface area contributed by atoms with Crippen LogP contribution in [0.5, 0.6) is 0 Å². The average molecular weight is 304 g/mol. The highest BCUT2D eigenvalue weighted by Gasteiger charge is 2.09. The van der Waals surface area contributed by atoms with Gasteiger partial charge in [-0.1, -0.05) is 6.07 Å². The molecular formula is C16H12N6O. The number of nitrogens with zero attached hydrogens (tertiary/aromatic N) is 5. The quantitative estimate of drug-likeness (QED) is 0.629. The molecule has 0 fully saturated rings. The third kappa shape index (κ3) is 2.55. The minimum atomic E-state index is -0.149. The van der Waals surface area contributed by atoms with E-state index >= 15 is 0 Å². The fourth-order valence-electron chi connectivity index (χ4n) is 2.36. The topological polar surface area (TPSA) is 77.1 Å². The van der Waals surface area contributed by atoms with Crippen LogP contribution in [0.3, 0.4) is 0 Å². The third-order valence-electron chi connectivity index (χ3n) is 3.51. The highest BCUT2D eigenvalue weighted by molar-refractivity contribution is 6.05. The largest absolute Gasteiger partial charge is 0.323 e. The van der Waals surface area contributed by atoms with Crippen LogP contribution in [0, 0.1) is 0 Å². The van der Waals surface area contributed by atoms with Gasteiger partial charge in [0.15, 0.2) is 0 Å². The van der Waals surface area contributed by atoms with E-state index in [4.69, 9.17) is 0 Å². The number of fused-ring (bicyclic) bond motifs is 1. The predicted molar refractivity (Wildman–Crippen MR) is 84.5 cm³/mol. The van der Waals surface area contributed by atoms with E-state index in [-0.39, 0.29) is 5.91 Å². The molecule has 1 aromatic carbocycles. The molecule has 0 aliphatic rings. The minimum Gasteiger partial charge on any atom is -0.323 e. The summed E-state index contributed by atoms with van der Waals surface area (Å²) in [6, 6.07) is 15.0. The first kappa shape index (κ1) is 13.2. The summed E-state index contributed by atoms with van der Waals surface area (Å²) in [6.45, 7) is 0. The van der Waals surface area contributed by atoms with Gasteiger partial charge in [-0.2, -0.15) is 0 Å². The molecule has 0 saturated carbocycles. The Balaban J connectivity index is 1.54. The van der Waals surface area contributed by atoms with Gasteiger partial charge in [-0.3, -0.25) is 4.79 Å². The molecule has 3 heterocycles. The van der Waals surface area contributed by atoms with Crippen molar-refractivity contribution >= 4 is 17.1 Å². The molecule has 1 N–H and O–H groups in total. The Labute approximate surface area is 131 Å². The minimum absolute atomic E-state index is 0.149. The number of pyridine rings is 1. The number of rotatable bonds is 3. The molecule has 4 aromatic rings. The molecule has 4 rings (SSSR count). The van der Waals surface area contributed by atoms with Gasteiger partial charge in [0.2, 0.25) is 0 Å². The van der Waals surface area contributed by atoms with Crippen LogP contribution < -0.4 is 5.32 Å². The van der Waals surface area contributed by atoms with Crippen LogP contribution in [0.15, 0.2) is 67.3 Å². The zero-order valence-corrected chi connectivity index (χ0v) is 12.0. The van der Waals surface area contributed by atoms with Crippen molar-refractivity contribution < 1.29 is 4.79 Å². The third-order valence-corrected chi connectivity index (χ3v) is 3.51. The standard InChI is InChI=1S/C16H12N6O/c23-16(12-9-15-3-1-2-8-21(15)10-12)18-13-4-6-14(7-5-13)22-11-17-19-20-22/h1-11H,(H,18,23). The van der Waals surface area contributed by atoms with Gasteiger partial charge in [-0.05, 0) is 52.9 Å². The van der Waals surface area contributed by atoms with Gasteiger partial charge in [-0.15, -0.1) is 5.10 Å². The summed E-state index contributed by atoms with van der Waals surface area (Å²) in [5.74, 6) is -0.149. The number of aromatic nitrogens is 5. The van der Waals surface area contributed by atoms with Gasteiger partial charge in [0.05, 0.1) is 11.3 Å². The second kappa shape index (κ2) is 5.38. The highest BCUT2D eigenvalue weighted by atomic mass is 16.1. The van der Waals surface area contributed by atoms with Crippen LogP contribution in [0.1, 0.15) is 10.4 Å². The van der Waals surface area contributed by atoms with Crippen molar-refractivity contribution in [2.75, 3.05) is 5.32 Å². The molecular weight excluding hydrogens is 292 g/mol. The van der Waals surface area contributed by atoms with Gasteiger partial charge >= 0.3 is 0 Å². The molecule has 0 radical (unpaired) electrons. The summed E-state index contributed by atoms with van der Waals surface area (Å²) in [4.78, 5) is 12.3. The lowest BCUT2D eigenvalue weighted by atomic mass is 10.2. The second-order valence-corrected chi connectivity index (χ2v) is 5.02. The van der Waals surface area contributed by atoms with Gasteiger partial charge in [-0.25, -0.2) is 4.68 Å². The Kier molecular flexibility index (Phi) is 3.09. The molecule has 0 spiro atoms. The Morgan fingerprint density at radius 1 is 1.09 bits per heavy atom. The smallest absolute Gasteiger partial charge is 0.257 e. The molecule has 112 valence electrons. The first-order valence-corrected chi connectivity index (χ1v) is 7.01. The van der Waals surface area contributed by atoms with E-state index in [1.54, 1.807) is 10.9 Å². The lowest BCUT2D eigenvalue weighted by Crippen LogP contribution is -2.11. The number of carbonyl (C=O) groups excluding carboxylic acids is 1. The summed E-state index contributed by atoms with van der Waals surface area (Å²) < 4.78 is 3.46. The highest BCUT2D eigenvalue weighted by Crippen LogP contribution is 2.15. The molecule has 7 nitrogen and oxygen atoms in total. The number of tetrazole rings is 1. The van der Waals surface area contributed by atoms with Crippen molar-refractivity contribution in [3.05, 3.63) is 72.8 Å². The van der Waals surface area contributed by atoms with Gasteiger partial charge in [0, 0.05) is 23.6 Å². The van der Waals surface area contributed by atoms with Crippen molar-refractivity contribution in [3.63, 3.8) is 0 Å². The molecule has 1 amide bonds. The van der Waals surface area contributed by atoms with Crippen LogP contribution >= 0.6 is 0 Å². The lowest BCUT2D eigenvalue weighted by Gasteiger charge is -2.05. The zero-order valence-electron chi connectivity index (χ0n) is 12.0. The summed E-state index contributed by atoms with van der Waals surface area (Å²) in [7, 11) is 0.